The van der Waals surface area contributed by atoms with Gasteiger partial charge in [0.2, 0.25) is 0 Å². The first kappa shape index (κ1) is 18.6. The number of carbonyl (C=O) groups excluding carboxylic acids is 1. The Bertz CT molecular complexity index is 1160. The lowest BCUT2D eigenvalue weighted by molar-refractivity contribution is -0.132. The number of hydrogen-bond acceptors (Lipinski definition) is 5. The number of benzene rings is 2. The van der Waals surface area contributed by atoms with Crippen LogP contribution in [-0.2, 0) is 16.9 Å². The summed E-state index contributed by atoms with van der Waals surface area (Å²) in [7, 11) is 0. The van der Waals surface area contributed by atoms with Crippen LogP contribution in [0.3, 0.4) is 0 Å². The number of hydrogen-bond donors (Lipinski definition) is 1. The van der Waals surface area contributed by atoms with Crippen LogP contribution >= 0.6 is 0 Å². The highest BCUT2D eigenvalue weighted by molar-refractivity contribution is 6.07. The number of aryl methyl sites for hydroxylation is 2. The fourth-order valence-corrected chi connectivity index (χ4v) is 4.36. The Labute approximate surface area is 175 Å². The molecule has 0 saturated heterocycles. The molecule has 0 bridgehead atoms. The minimum Gasteiger partial charge on any atom is -0.369 e. The molecule has 1 aliphatic heterocycles. The molecule has 152 valence electrons. The molecule has 1 unspecified atom stereocenters. The third kappa shape index (κ3) is 3.00. The third-order valence-electron chi connectivity index (χ3n) is 5.96. The Morgan fingerprint density at radius 3 is 2.50 bits per heavy atom. The zero-order chi connectivity index (χ0) is 20.9. The molecule has 2 N–H and O–H groups in total. The predicted octanol–water partition coefficient (Wildman–Crippen LogP) is 3.92. The molecule has 2 heterocycles. The summed E-state index contributed by atoms with van der Waals surface area (Å²) in [5.41, 5.74) is 10.3. The highest BCUT2D eigenvalue weighted by atomic mass is 16.5. The molecule has 6 nitrogen and oxygen atoms in total. The maximum absolute atomic E-state index is 13.7. The molecule has 1 fully saturated rings. The van der Waals surface area contributed by atoms with Crippen LogP contribution in [0.1, 0.15) is 35.4 Å². The lowest BCUT2D eigenvalue weighted by Gasteiger charge is -2.26. The summed E-state index contributed by atoms with van der Waals surface area (Å²) in [6.07, 6.45) is 1.93. The highest BCUT2D eigenvalue weighted by Gasteiger charge is 2.58. The molecular weight excluding hydrogens is 376 g/mol. The average Bonchev–Trinajstić information content (AvgIpc) is 3.46. The molecule has 1 aliphatic carbocycles. The van der Waals surface area contributed by atoms with Crippen LogP contribution in [0, 0.1) is 19.8 Å². The Morgan fingerprint density at radius 1 is 1.10 bits per heavy atom. The van der Waals surface area contributed by atoms with Gasteiger partial charge in [-0.1, -0.05) is 53.2 Å². The minimum atomic E-state index is -0.956. The van der Waals surface area contributed by atoms with E-state index in [0.29, 0.717) is 11.5 Å². The van der Waals surface area contributed by atoms with Crippen LogP contribution in [0.4, 0.5) is 0 Å². The Balaban J connectivity index is 1.54. The van der Waals surface area contributed by atoms with Gasteiger partial charge in [0, 0.05) is 6.07 Å². The van der Waals surface area contributed by atoms with E-state index in [-0.39, 0.29) is 24.3 Å². The van der Waals surface area contributed by atoms with Gasteiger partial charge in [-0.05, 0) is 55.4 Å². The maximum Gasteiger partial charge on any atom is 0.262 e. The van der Waals surface area contributed by atoms with E-state index >= 15 is 0 Å². The van der Waals surface area contributed by atoms with Gasteiger partial charge in [-0.25, -0.2) is 4.99 Å². The molecule has 6 heteroatoms. The van der Waals surface area contributed by atoms with Crippen molar-refractivity contribution >= 4 is 11.9 Å². The fraction of sp³-hybridized carbons (Fsp3) is 0.292. The van der Waals surface area contributed by atoms with Gasteiger partial charge in [-0.15, -0.1) is 0 Å². The van der Waals surface area contributed by atoms with Gasteiger partial charge in [0.25, 0.3) is 5.91 Å². The summed E-state index contributed by atoms with van der Waals surface area (Å²) in [6.45, 7) is 4.16. The van der Waals surface area contributed by atoms with E-state index in [9.17, 15) is 4.79 Å². The zero-order valence-electron chi connectivity index (χ0n) is 17.1. The van der Waals surface area contributed by atoms with E-state index in [4.69, 9.17) is 15.2 Å². The number of nitrogens with zero attached hydrogens (tertiary/aromatic N) is 3. The summed E-state index contributed by atoms with van der Waals surface area (Å²) in [5.74, 6) is 1.03. The Kier molecular flexibility index (Phi) is 4.24. The second-order valence-electron chi connectivity index (χ2n) is 8.28. The monoisotopic (exact) mass is 400 g/mol. The minimum absolute atomic E-state index is 0.0791. The summed E-state index contributed by atoms with van der Waals surface area (Å²) >= 11 is 0. The molecular formula is C24H24N4O2. The van der Waals surface area contributed by atoms with Crippen molar-refractivity contribution in [3.8, 4) is 11.1 Å². The van der Waals surface area contributed by atoms with Gasteiger partial charge in [0.15, 0.2) is 11.5 Å². The molecule has 2 aliphatic rings. The van der Waals surface area contributed by atoms with Gasteiger partial charge in [-0.3, -0.25) is 9.69 Å². The molecule has 30 heavy (non-hydrogen) atoms. The van der Waals surface area contributed by atoms with Gasteiger partial charge in [-0.2, -0.15) is 0 Å². The van der Waals surface area contributed by atoms with Crippen LogP contribution < -0.4 is 5.73 Å². The van der Waals surface area contributed by atoms with Gasteiger partial charge in [0.1, 0.15) is 11.5 Å². The summed E-state index contributed by atoms with van der Waals surface area (Å²) in [6, 6.07) is 18.3. The molecule has 1 atom stereocenters. The molecule has 2 aromatic carbocycles. The van der Waals surface area contributed by atoms with E-state index in [1.54, 1.807) is 0 Å². The number of rotatable bonds is 5. The van der Waals surface area contributed by atoms with E-state index in [1.807, 2.05) is 31.2 Å². The third-order valence-corrected chi connectivity index (χ3v) is 5.96. The van der Waals surface area contributed by atoms with E-state index < -0.39 is 5.54 Å². The van der Waals surface area contributed by atoms with Gasteiger partial charge in [0.05, 0.1) is 6.54 Å². The van der Waals surface area contributed by atoms with Crippen molar-refractivity contribution in [2.45, 2.75) is 38.8 Å². The van der Waals surface area contributed by atoms with Crippen LogP contribution in [-0.4, -0.2) is 21.9 Å². The molecule has 1 amide bonds. The van der Waals surface area contributed by atoms with Crippen molar-refractivity contribution < 1.29 is 9.32 Å². The van der Waals surface area contributed by atoms with Gasteiger partial charge < -0.3 is 10.3 Å². The normalized spacial score (nSPS) is 21.2. The molecule has 1 saturated carbocycles. The van der Waals surface area contributed by atoms with Crippen molar-refractivity contribution in [3.63, 3.8) is 0 Å². The van der Waals surface area contributed by atoms with Crippen LogP contribution in [0.25, 0.3) is 11.1 Å². The average molecular weight is 400 g/mol. The number of nitrogens with two attached hydrogens (primary N) is 1. The molecule has 1 aromatic heterocycles. The van der Waals surface area contributed by atoms with E-state index in [0.717, 1.165) is 29.5 Å². The zero-order valence-corrected chi connectivity index (χ0v) is 17.1. The largest absolute Gasteiger partial charge is 0.369 e. The van der Waals surface area contributed by atoms with Crippen LogP contribution in [0.5, 0.6) is 0 Å². The second kappa shape index (κ2) is 6.83. The molecule has 5 rings (SSSR count). The number of aromatic nitrogens is 1. The summed E-state index contributed by atoms with van der Waals surface area (Å²) in [4.78, 5) is 20.0. The second-order valence-corrected chi connectivity index (χ2v) is 8.28. The lowest BCUT2D eigenvalue weighted by atomic mass is 9.83. The summed E-state index contributed by atoms with van der Waals surface area (Å²) in [5, 5.41) is 4.01. The number of guanidine groups is 1. The number of aliphatic imine (C=N–C) groups is 1. The fourth-order valence-electron chi connectivity index (χ4n) is 4.36. The first-order valence-electron chi connectivity index (χ1n) is 10.2. The highest BCUT2D eigenvalue weighted by Crippen LogP contribution is 2.52. The van der Waals surface area contributed by atoms with Crippen molar-refractivity contribution in [3.05, 3.63) is 77.2 Å². The SMILES string of the molecule is Cc1cccc(-c2cccc(C3(C4CC4)N=C(N)N(Cc4cc(C)on4)C3=O)c2)c1. The van der Waals surface area contributed by atoms with Crippen LogP contribution in [0.2, 0.25) is 0 Å². The van der Waals surface area contributed by atoms with Crippen molar-refractivity contribution in [2.75, 3.05) is 0 Å². The standard InChI is InChI=1S/C24H24N4O2/c1-15-5-3-6-17(11-15)18-7-4-8-20(13-18)24(19-9-10-19)22(29)28(23(25)26-24)14-21-12-16(2)30-27-21/h3-8,11-13,19H,9-10,14H2,1-2H3,(H2,25,26). The quantitative estimate of drug-likeness (QED) is 0.703. The number of amides is 1. The van der Waals surface area contributed by atoms with Crippen molar-refractivity contribution in [1.82, 2.24) is 10.1 Å². The summed E-state index contributed by atoms with van der Waals surface area (Å²) < 4.78 is 5.15. The molecule has 0 radical (unpaired) electrons. The Morgan fingerprint density at radius 2 is 1.83 bits per heavy atom. The van der Waals surface area contributed by atoms with E-state index in [2.05, 4.69) is 42.4 Å². The first-order valence-corrected chi connectivity index (χ1v) is 10.2. The van der Waals surface area contributed by atoms with Crippen molar-refractivity contribution in [1.29, 1.82) is 0 Å². The molecule has 0 spiro atoms. The van der Waals surface area contributed by atoms with Gasteiger partial charge >= 0.3 is 0 Å². The topological polar surface area (TPSA) is 84.7 Å². The maximum atomic E-state index is 13.7. The number of carbonyl (C=O) groups is 1. The predicted molar refractivity (Wildman–Crippen MR) is 114 cm³/mol. The first-order chi connectivity index (χ1) is 14.5. The van der Waals surface area contributed by atoms with Crippen molar-refractivity contribution in [2.24, 2.45) is 16.6 Å². The molecule has 3 aromatic rings. The lowest BCUT2D eigenvalue weighted by Crippen LogP contribution is -2.43. The van der Waals surface area contributed by atoms with E-state index in [1.165, 1.54) is 10.5 Å². The van der Waals surface area contributed by atoms with Crippen LogP contribution in [0.15, 0.2) is 64.1 Å². The Hall–Kier alpha value is -3.41. The smallest absolute Gasteiger partial charge is 0.262 e.